The lowest BCUT2D eigenvalue weighted by molar-refractivity contribution is -0.118. The van der Waals surface area contributed by atoms with Gasteiger partial charge in [-0.05, 0) is 55.9 Å². The maximum absolute atomic E-state index is 14.7. The first kappa shape index (κ1) is 31.3. The highest BCUT2D eigenvalue weighted by Crippen LogP contribution is 2.38. The third-order valence-corrected chi connectivity index (χ3v) is 9.50. The van der Waals surface area contributed by atoms with Crippen molar-refractivity contribution in [3.8, 4) is 11.1 Å². The van der Waals surface area contributed by atoms with Gasteiger partial charge in [0.05, 0.1) is 36.8 Å². The van der Waals surface area contributed by atoms with Crippen molar-refractivity contribution in [2.75, 3.05) is 50.6 Å². The number of nitrogens with one attached hydrogen (secondary N) is 1. The van der Waals surface area contributed by atoms with Crippen molar-refractivity contribution in [2.24, 2.45) is 0 Å². The molecule has 2 aliphatic heterocycles. The van der Waals surface area contributed by atoms with Crippen LogP contribution in [0.1, 0.15) is 35.0 Å². The summed E-state index contributed by atoms with van der Waals surface area (Å²) in [5, 5.41) is 9.88. The summed E-state index contributed by atoms with van der Waals surface area (Å²) in [5.41, 5.74) is 4.22. The maximum atomic E-state index is 14.7. The highest BCUT2D eigenvalue weighted by Gasteiger charge is 2.35. The summed E-state index contributed by atoms with van der Waals surface area (Å²) >= 11 is 1.24. The van der Waals surface area contributed by atoms with Crippen LogP contribution in [-0.2, 0) is 22.5 Å². The van der Waals surface area contributed by atoms with Crippen molar-refractivity contribution in [1.29, 1.82) is 0 Å². The number of amides is 1. The molecule has 5 aromatic rings. The fourth-order valence-corrected chi connectivity index (χ4v) is 7.16. The Morgan fingerprint density at radius 2 is 2.00 bits per heavy atom. The molecule has 2 aromatic carbocycles. The van der Waals surface area contributed by atoms with Gasteiger partial charge in [0.2, 0.25) is 0 Å². The number of nitrogens with zero attached hydrogens (tertiary/aromatic N) is 7. The Morgan fingerprint density at radius 1 is 1.19 bits per heavy atom. The van der Waals surface area contributed by atoms with Gasteiger partial charge < -0.3 is 19.1 Å². The van der Waals surface area contributed by atoms with E-state index in [-0.39, 0.29) is 30.0 Å². The summed E-state index contributed by atoms with van der Waals surface area (Å²) in [5.74, 6) is -0.500. The van der Waals surface area contributed by atoms with Crippen molar-refractivity contribution in [1.82, 2.24) is 29.2 Å². The van der Waals surface area contributed by atoms with Crippen LogP contribution < -0.4 is 10.2 Å². The van der Waals surface area contributed by atoms with Gasteiger partial charge in [0, 0.05) is 66.2 Å². The van der Waals surface area contributed by atoms with E-state index < -0.39 is 24.5 Å². The minimum absolute atomic E-state index is 0.0966. The van der Waals surface area contributed by atoms with Gasteiger partial charge in [0.15, 0.2) is 11.2 Å². The Balaban J connectivity index is 1.26. The highest BCUT2D eigenvalue weighted by atomic mass is 32.1. The average Bonchev–Trinajstić information content (AvgIpc) is 3.84. The number of carbonyl (C=O) groups is 1. The zero-order chi connectivity index (χ0) is 32.8. The second-order valence-corrected chi connectivity index (χ2v) is 13.2. The van der Waals surface area contributed by atoms with E-state index in [1.54, 1.807) is 16.1 Å². The molecule has 2 aliphatic rings. The lowest BCUT2D eigenvalue weighted by Gasteiger charge is -2.35. The molecule has 47 heavy (non-hydrogen) atoms. The topological polar surface area (TPSA) is 93.3 Å². The average molecular weight is 665 g/mol. The number of rotatable bonds is 9. The number of aryl methyl sites for hydroxylation is 1. The van der Waals surface area contributed by atoms with Gasteiger partial charge in [-0.1, -0.05) is 12.1 Å². The number of hydrogen-bond donors (Lipinski definition) is 1. The number of thiazole rings is 1. The van der Waals surface area contributed by atoms with E-state index in [2.05, 4.69) is 25.1 Å². The monoisotopic (exact) mass is 664 g/mol. The molecule has 0 spiro atoms. The molecule has 0 radical (unpaired) electrons. The predicted octanol–water partition coefficient (Wildman–Crippen LogP) is 5.49. The summed E-state index contributed by atoms with van der Waals surface area (Å²) in [7, 11) is 4.05. The van der Waals surface area contributed by atoms with Crippen LogP contribution in [0.4, 0.5) is 24.0 Å². The molecule has 0 saturated carbocycles. The fourth-order valence-electron chi connectivity index (χ4n) is 6.63. The van der Waals surface area contributed by atoms with Gasteiger partial charge in [-0.25, -0.2) is 23.1 Å². The molecule has 7 rings (SSSR count). The van der Waals surface area contributed by atoms with Crippen LogP contribution in [0.25, 0.3) is 22.0 Å². The molecule has 246 valence electrons. The number of alkyl halides is 3. The molecule has 10 nitrogen and oxygen atoms in total. The molecule has 1 amide bonds. The smallest absolute Gasteiger partial charge is 0.264 e. The fraction of sp³-hybridized carbons (Fsp3) is 0.394. The van der Waals surface area contributed by atoms with E-state index in [0.717, 1.165) is 30.9 Å². The number of ether oxygens (including phenoxy) is 1. The Labute approximate surface area is 273 Å². The summed E-state index contributed by atoms with van der Waals surface area (Å²) < 4.78 is 52.7. The minimum atomic E-state index is -2.79. The predicted molar refractivity (Wildman–Crippen MR) is 175 cm³/mol. The van der Waals surface area contributed by atoms with Crippen LogP contribution in [0.5, 0.6) is 0 Å². The van der Waals surface area contributed by atoms with Crippen LogP contribution in [-0.4, -0.2) is 87.7 Å². The van der Waals surface area contributed by atoms with Crippen molar-refractivity contribution < 1.29 is 22.7 Å². The molecule has 2 unspecified atom stereocenters. The quantitative estimate of drug-likeness (QED) is 0.223. The Hall–Kier alpha value is -4.27. The van der Waals surface area contributed by atoms with Crippen LogP contribution in [0.3, 0.4) is 0 Å². The number of anilines is 2. The third kappa shape index (κ3) is 6.12. The van der Waals surface area contributed by atoms with Crippen LogP contribution in [0, 0.1) is 6.92 Å². The van der Waals surface area contributed by atoms with E-state index >= 15 is 0 Å². The number of hydrogen-bond acceptors (Lipinski definition) is 8. The third-order valence-electron chi connectivity index (χ3n) is 8.81. The van der Waals surface area contributed by atoms with E-state index in [1.807, 2.05) is 45.3 Å². The van der Waals surface area contributed by atoms with E-state index in [9.17, 15) is 18.0 Å². The summed E-state index contributed by atoms with van der Waals surface area (Å²) in [6.07, 6.45) is 0.847. The van der Waals surface area contributed by atoms with E-state index in [1.165, 1.54) is 34.6 Å². The molecule has 0 aliphatic carbocycles. The highest BCUT2D eigenvalue weighted by molar-refractivity contribution is 7.13. The van der Waals surface area contributed by atoms with Crippen LogP contribution >= 0.6 is 11.3 Å². The van der Waals surface area contributed by atoms with Crippen molar-refractivity contribution in [2.45, 2.75) is 44.6 Å². The molecule has 1 saturated heterocycles. The van der Waals surface area contributed by atoms with Gasteiger partial charge in [0.1, 0.15) is 6.17 Å². The largest absolute Gasteiger partial charge is 0.373 e. The van der Waals surface area contributed by atoms with Gasteiger partial charge in [-0.3, -0.25) is 14.8 Å². The lowest BCUT2D eigenvalue weighted by atomic mass is 9.95. The van der Waals surface area contributed by atoms with E-state index in [0.29, 0.717) is 39.8 Å². The number of likely N-dealkylation sites (N-methyl/N-ethyl adjacent to an activating group) is 1. The first-order valence-electron chi connectivity index (χ1n) is 15.5. The van der Waals surface area contributed by atoms with Gasteiger partial charge in [0.25, 0.3) is 12.3 Å². The second kappa shape index (κ2) is 12.7. The van der Waals surface area contributed by atoms with Crippen molar-refractivity contribution in [3.63, 3.8) is 0 Å². The molecule has 0 bridgehead atoms. The zero-order valence-corrected chi connectivity index (χ0v) is 27.1. The zero-order valence-electron chi connectivity index (χ0n) is 26.2. The van der Waals surface area contributed by atoms with Crippen molar-refractivity contribution >= 4 is 39.0 Å². The number of halogens is 3. The molecule has 3 atom stereocenters. The Bertz CT molecular complexity index is 1890. The number of carbonyl (C=O) groups excluding carboxylic acids is 1. The second-order valence-electron chi connectivity index (χ2n) is 12.3. The van der Waals surface area contributed by atoms with Gasteiger partial charge >= 0.3 is 0 Å². The SMILES string of the molecule is Cc1c(-c2ccc(N3CCOC(CN(C)C)C3)cc2)cc(C(F)F)c2cn(C(C(=O)Nc3nccs3)c3ncn4c3C[C@@H](F)C4)nc12. The first-order chi connectivity index (χ1) is 22.7. The summed E-state index contributed by atoms with van der Waals surface area (Å²) in [6, 6.07) is 8.28. The van der Waals surface area contributed by atoms with Crippen LogP contribution in [0.15, 0.2) is 54.4 Å². The Morgan fingerprint density at radius 3 is 2.72 bits per heavy atom. The van der Waals surface area contributed by atoms with E-state index in [4.69, 9.17) is 9.84 Å². The maximum Gasteiger partial charge on any atom is 0.264 e. The molecule has 14 heteroatoms. The minimum Gasteiger partial charge on any atom is -0.373 e. The first-order valence-corrected chi connectivity index (χ1v) is 16.3. The number of fused-ring (bicyclic) bond motifs is 2. The standard InChI is InChI=1S/C33H35F3N8O2S/c1-19-24(20-4-6-22(7-5-20)42-9-10-46-23(16-42)15-41(2)3)13-25(31(35)36)26-17-44(40-28(19)26)30(32(45)39-33-37-8-11-47-33)29-27-12-21(34)14-43(27)18-38-29/h4-8,11,13,17-18,21,23,30-31H,9-10,12,14-16H2,1-3H3,(H,37,39,45)/t21-,23?,30?/m1/s1. The summed E-state index contributed by atoms with van der Waals surface area (Å²) in [6.45, 7) is 4.98. The Kier molecular flexibility index (Phi) is 8.49. The normalized spacial score (nSPS) is 18.8. The number of morpholine rings is 1. The molecule has 1 fully saturated rings. The number of imidazole rings is 1. The van der Waals surface area contributed by atoms with Gasteiger partial charge in [-0.2, -0.15) is 5.10 Å². The molecule has 1 N–H and O–H groups in total. The molecular weight excluding hydrogens is 629 g/mol. The lowest BCUT2D eigenvalue weighted by Crippen LogP contribution is -2.46. The van der Waals surface area contributed by atoms with Gasteiger partial charge in [-0.15, -0.1) is 11.3 Å². The van der Waals surface area contributed by atoms with Crippen molar-refractivity contribution in [3.05, 3.63) is 76.9 Å². The molecule has 5 heterocycles. The molecule has 3 aromatic heterocycles. The number of benzene rings is 2. The number of aromatic nitrogens is 5. The molecular formula is C33H35F3N8O2S. The van der Waals surface area contributed by atoms with Crippen LogP contribution in [0.2, 0.25) is 0 Å². The summed E-state index contributed by atoms with van der Waals surface area (Å²) in [4.78, 5) is 26.8.